The highest BCUT2D eigenvalue weighted by molar-refractivity contribution is 8.00. The van der Waals surface area contributed by atoms with E-state index in [2.05, 4.69) is 0 Å². The number of carboxylic acid groups (broad SMARTS) is 1. The molecule has 0 saturated carbocycles. The topological polar surface area (TPSA) is 63.6 Å². The summed E-state index contributed by atoms with van der Waals surface area (Å²) in [6.45, 7) is 3.57. The van der Waals surface area contributed by atoms with Gasteiger partial charge in [-0.3, -0.25) is 4.79 Å². The smallest absolute Gasteiger partial charge is 0.335 e. The van der Waals surface area contributed by atoms with E-state index < -0.39 is 5.97 Å². The van der Waals surface area contributed by atoms with Crippen LogP contribution in [0.2, 0.25) is 0 Å². The molecule has 1 N–H and O–H groups in total. The van der Waals surface area contributed by atoms with Crippen LogP contribution in [0.25, 0.3) is 0 Å². The number of rotatable bonds is 5. The highest BCUT2D eigenvalue weighted by Gasteiger charge is 2.08. The Morgan fingerprint density at radius 2 is 2.12 bits per heavy atom. The van der Waals surface area contributed by atoms with Crippen molar-refractivity contribution >= 4 is 23.7 Å². The number of hydrogen-bond donors (Lipinski definition) is 1. The SMILES string of the molecule is CC(C)OC(=O)CSc1cccc(C(=O)O)c1. The molecular formula is C12H14O4S. The molecule has 0 heterocycles. The zero-order valence-corrected chi connectivity index (χ0v) is 10.5. The average molecular weight is 254 g/mol. The lowest BCUT2D eigenvalue weighted by molar-refractivity contribution is -0.144. The van der Waals surface area contributed by atoms with Gasteiger partial charge in [-0.25, -0.2) is 4.79 Å². The van der Waals surface area contributed by atoms with Gasteiger partial charge in [0.1, 0.15) is 0 Å². The quantitative estimate of drug-likeness (QED) is 0.646. The second-order valence-corrected chi connectivity index (χ2v) is 4.71. The number of carbonyl (C=O) groups is 2. The minimum atomic E-state index is -0.975. The van der Waals surface area contributed by atoms with E-state index in [4.69, 9.17) is 9.84 Å². The Morgan fingerprint density at radius 3 is 2.71 bits per heavy atom. The molecule has 0 aliphatic rings. The molecule has 0 atom stereocenters. The average Bonchev–Trinajstić information content (AvgIpc) is 2.26. The first-order valence-electron chi connectivity index (χ1n) is 5.14. The summed E-state index contributed by atoms with van der Waals surface area (Å²) in [4.78, 5) is 22.8. The predicted octanol–water partition coefficient (Wildman–Crippen LogP) is 2.43. The number of carbonyl (C=O) groups excluding carboxylic acids is 1. The first kappa shape index (κ1) is 13.6. The Balaban J connectivity index is 2.54. The van der Waals surface area contributed by atoms with E-state index in [1.165, 1.54) is 23.9 Å². The van der Waals surface area contributed by atoms with Crippen LogP contribution in [0.4, 0.5) is 0 Å². The molecule has 0 amide bonds. The maximum atomic E-state index is 11.3. The lowest BCUT2D eigenvalue weighted by atomic mass is 10.2. The van der Waals surface area contributed by atoms with Gasteiger partial charge in [-0.05, 0) is 32.0 Å². The summed E-state index contributed by atoms with van der Waals surface area (Å²) in [5, 5.41) is 8.80. The van der Waals surface area contributed by atoms with Crippen LogP contribution in [0, 0.1) is 0 Å². The first-order valence-corrected chi connectivity index (χ1v) is 6.13. The fourth-order valence-corrected chi connectivity index (χ4v) is 1.90. The van der Waals surface area contributed by atoms with Crippen molar-refractivity contribution in [1.29, 1.82) is 0 Å². The second kappa shape index (κ2) is 6.30. The number of hydrogen-bond acceptors (Lipinski definition) is 4. The second-order valence-electron chi connectivity index (χ2n) is 3.66. The van der Waals surface area contributed by atoms with Crippen LogP contribution in [0.15, 0.2) is 29.2 Å². The van der Waals surface area contributed by atoms with E-state index in [1.807, 2.05) is 0 Å². The summed E-state index contributed by atoms with van der Waals surface area (Å²) in [6.07, 6.45) is -0.131. The largest absolute Gasteiger partial charge is 0.478 e. The lowest BCUT2D eigenvalue weighted by Gasteiger charge is -2.07. The molecule has 1 aromatic carbocycles. The highest BCUT2D eigenvalue weighted by Crippen LogP contribution is 2.19. The Bertz CT molecular complexity index is 415. The molecule has 0 saturated heterocycles. The molecule has 0 spiro atoms. The fraction of sp³-hybridized carbons (Fsp3) is 0.333. The number of aromatic carboxylic acids is 1. The normalized spacial score (nSPS) is 10.3. The number of ether oxygens (including phenoxy) is 1. The lowest BCUT2D eigenvalue weighted by Crippen LogP contribution is -2.13. The van der Waals surface area contributed by atoms with Gasteiger partial charge < -0.3 is 9.84 Å². The maximum Gasteiger partial charge on any atom is 0.335 e. The van der Waals surface area contributed by atoms with Gasteiger partial charge in [-0.1, -0.05) is 6.07 Å². The van der Waals surface area contributed by atoms with Gasteiger partial charge in [0.2, 0.25) is 0 Å². The van der Waals surface area contributed by atoms with Gasteiger partial charge in [0, 0.05) is 4.90 Å². The van der Waals surface area contributed by atoms with Gasteiger partial charge >= 0.3 is 11.9 Å². The van der Waals surface area contributed by atoms with Crippen LogP contribution in [0.3, 0.4) is 0 Å². The molecule has 0 aromatic heterocycles. The van der Waals surface area contributed by atoms with Gasteiger partial charge in [-0.2, -0.15) is 0 Å². The van der Waals surface area contributed by atoms with Crippen LogP contribution < -0.4 is 0 Å². The Kier molecular flexibility index (Phi) is 5.03. The zero-order chi connectivity index (χ0) is 12.8. The number of carboxylic acids is 1. The minimum Gasteiger partial charge on any atom is -0.478 e. The van der Waals surface area contributed by atoms with Gasteiger partial charge in [0.05, 0.1) is 17.4 Å². The molecule has 1 rings (SSSR count). The molecule has 17 heavy (non-hydrogen) atoms. The Morgan fingerprint density at radius 1 is 1.41 bits per heavy atom. The summed E-state index contributed by atoms with van der Waals surface area (Å²) in [6, 6.07) is 6.47. The van der Waals surface area contributed by atoms with Crippen molar-refractivity contribution in [3.8, 4) is 0 Å². The molecule has 0 bridgehead atoms. The molecule has 0 radical (unpaired) electrons. The van der Waals surface area contributed by atoms with E-state index in [-0.39, 0.29) is 23.4 Å². The Hall–Kier alpha value is -1.49. The molecule has 0 unspecified atom stereocenters. The standard InChI is InChI=1S/C12H14O4S/c1-8(2)16-11(13)7-17-10-5-3-4-9(6-10)12(14)15/h3-6,8H,7H2,1-2H3,(H,14,15). The van der Waals surface area contributed by atoms with Crippen LogP contribution in [-0.4, -0.2) is 28.9 Å². The number of esters is 1. The van der Waals surface area contributed by atoms with Gasteiger partial charge in [0.15, 0.2) is 0 Å². The molecule has 92 valence electrons. The maximum absolute atomic E-state index is 11.3. The molecule has 0 aliphatic carbocycles. The molecule has 1 aromatic rings. The van der Waals surface area contributed by atoms with Crippen LogP contribution >= 0.6 is 11.8 Å². The van der Waals surface area contributed by atoms with Gasteiger partial charge in [0.25, 0.3) is 0 Å². The monoisotopic (exact) mass is 254 g/mol. The van der Waals surface area contributed by atoms with Crippen molar-refractivity contribution in [3.63, 3.8) is 0 Å². The number of benzene rings is 1. The van der Waals surface area contributed by atoms with Crippen molar-refractivity contribution in [2.45, 2.75) is 24.8 Å². The molecular weight excluding hydrogens is 240 g/mol. The van der Waals surface area contributed by atoms with Crippen molar-refractivity contribution in [3.05, 3.63) is 29.8 Å². The summed E-state index contributed by atoms with van der Waals surface area (Å²) in [5.74, 6) is -1.09. The molecule has 4 nitrogen and oxygen atoms in total. The van der Waals surface area contributed by atoms with E-state index in [1.54, 1.807) is 26.0 Å². The third-order valence-corrected chi connectivity index (χ3v) is 2.77. The van der Waals surface area contributed by atoms with Crippen molar-refractivity contribution in [2.24, 2.45) is 0 Å². The van der Waals surface area contributed by atoms with E-state index in [0.717, 1.165) is 4.90 Å². The Labute approximate surface area is 104 Å². The van der Waals surface area contributed by atoms with Gasteiger partial charge in [-0.15, -0.1) is 11.8 Å². The van der Waals surface area contributed by atoms with Crippen molar-refractivity contribution in [2.75, 3.05) is 5.75 Å². The first-order chi connectivity index (χ1) is 7.99. The third-order valence-electron chi connectivity index (χ3n) is 1.80. The van der Waals surface area contributed by atoms with Crippen molar-refractivity contribution < 1.29 is 19.4 Å². The summed E-state index contributed by atoms with van der Waals surface area (Å²) in [7, 11) is 0. The molecule has 0 fully saturated rings. The molecule has 0 aliphatic heterocycles. The van der Waals surface area contributed by atoms with Crippen molar-refractivity contribution in [1.82, 2.24) is 0 Å². The number of thioether (sulfide) groups is 1. The van der Waals surface area contributed by atoms with E-state index in [0.29, 0.717) is 0 Å². The summed E-state index contributed by atoms with van der Waals surface area (Å²) >= 11 is 1.26. The van der Waals surface area contributed by atoms with E-state index >= 15 is 0 Å². The predicted molar refractivity (Wildman–Crippen MR) is 65.4 cm³/mol. The fourth-order valence-electron chi connectivity index (χ4n) is 1.16. The van der Waals surface area contributed by atoms with Crippen LogP contribution in [0.1, 0.15) is 24.2 Å². The minimum absolute atomic E-state index is 0.131. The highest BCUT2D eigenvalue weighted by atomic mass is 32.2. The van der Waals surface area contributed by atoms with E-state index in [9.17, 15) is 9.59 Å². The molecule has 5 heteroatoms. The zero-order valence-electron chi connectivity index (χ0n) is 9.67. The van der Waals surface area contributed by atoms with Crippen LogP contribution in [-0.2, 0) is 9.53 Å². The van der Waals surface area contributed by atoms with Crippen LogP contribution in [0.5, 0.6) is 0 Å². The third kappa shape index (κ3) is 4.91. The summed E-state index contributed by atoms with van der Waals surface area (Å²) < 4.78 is 4.97. The summed E-state index contributed by atoms with van der Waals surface area (Å²) in [5.41, 5.74) is 0.215.